The van der Waals surface area contributed by atoms with Crippen LogP contribution in [0, 0.1) is 13.8 Å². The summed E-state index contributed by atoms with van der Waals surface area (Å²) in [4.78, 5) is 33.9. The summed E-state index contributed by atoms with van der Waals surface area (Å²) in [5.74, 6) is -1.83. The van der Waals surface area contributed by atoms with Gasteiger partial charge in [0, 0.05) is 23.7 Å². The quantitative estimate of drug-likeness (QED) is 0.288. The number of phenolic OH excluding ortho intramolecular Hbond substituents is 1. The summed E-state index contributed by atoms with van der Waals surface area (Å²) in [7, 11) is 0. The van der Waals surface area contributed by atoms with Crippen molar-refractivity contribution in [3.63, 3.8) is 0 Å². The van der Waals surface area contributed by atoms with Gasteiger partial charge in [0.15, 0.2) is 5.78 Å². The first-order valence-corrected chi connectivity index (χ1v) is 10.4. The van der Waals surface area contributed by atoms with E-state index in [1.54, 1.807) is 31.2 Å². The van der Waals surface area contributed by atoms with Crippen LogP contribution in [0.4, 0.5) is 5.69 Å². The van der Waals surface area contributed by atoms with Gasteiger partial charge in [-0.2, -0.15) is 0 Å². The lowest BCUT2D eigenvalue weighted by Crippen LogP contribution is -2.22. The molecule has 2 aromatic carbocycles. The van der Waals surface area contributed by atoms with Gasteiger partial charge in [-0.05, 0) is 50.5 Å². The monoisotopic (exact) mass is 443 g/mol. The van der Waals surface area contributed by atoms with Gasteiger partial charge in [0.05, 0.1) is 18.8 Å². The lowest BCUT2D eigenvalue weighted by Gasteiger charge is -2.16. The minimum atomic E-state index is -1.56. The molecule has 0 spiro atoms. The van der Waals surface area contributed by atoms with Gasteiger partial charge in [-0.3, -0.25) is 9.59 Å². The van der Waals surface area contributed by atoms with E-state index >= 15 is 0 Å². The summed E-state index contributed by atoms with van der Waals surface area (Å²) in [5.41, 5.74) is 2.86. The van der Waals surface area contributed by atoms with Crippen LogP contribution >= 0.6 is 0 Å². The number of ether oxygens (including phenoxy) is 2. The fourth-order valence-electron chi connectivity index (χ4n) is 3.25. The highest BCUT2D eigenvalue weighted by Gasteiger charge is 2.16. The molecular formula is C24H29NO7. The van der Waals surface area contributed by atoms with Gasteiger partial charge >= 0.3 is 11.9 Å². The van der Waals surface area contributed by atoms with Crippen LogP contribution in [0.25, 0.3) is 0 Å². The smallest absolute Gasteiger partial charge is 0.394 e. The Morgan fingerprint density at radius 3 is 2.25 bits per heavy atom. The molecule has 3 N–H and O–H groups in total. The van der Waals surface area contributed by atoms with Gasteiger partial charge in [0.25, 0.3) is 0 Å². The summed E-state index contributed by atoms with van der Waals surface area (Å²) >= 11 is 0. The van der Waals surface area contributed by atoms with Crippen molar-refractivity contribution in [1.29, 1.82) is 0 Å². The van der Waals surface area contributed by atoms with E-state index in [1.165, 1.54) is 6.92 Å². The highest BCUT2D eigenvalue weighted by atomic mass is 16.5. The molecule has 0 aliphatic carbocycles. The lowest BCUT2D eigenvalue weighted by atomic mass is 10.0. The fraction of sp³-hybridized carbons (Fsp3) is 0.375. The number of phenols is 1. The highest BCUT2D eigenvalue weighted by Crippen LogP contribution is 2.33. The molecule has 1 amide bonds. The number of carboxylic acid groups (broad SMARTS) is 1. The molecule has 0 atom stereocenters. The van der Waals surface area contributed by atoms with E-state index in [0.717, 1.165) is 17.5 Å². The van der Waals surface area contributed by atoms with Crippen LogP contribution < -0.4 is 14.8 Å². The summed E-state index contributed by atoms with van der Waals surface area (Å²) in [6.45, 7) is 7.68. The SMILES string of the molecule is CCCc1c(OCCCOc2cc(NC(=O)C(=O)O)c(C)cc2C)ccc(C(C)=O)c1O. The maximum absolute atomic E-state index is 11.7. The van der Waals surface area contributed by atoms with E-state index < -0.39 is 11.9 Å². The van der Waals surface area contributed by atoms with E-state index in [9.17, 15) is 19.5 Å². The molecule has 0 aliphatic heterocycles. The number of rotatable bonds is 10. The molecule has 0 radical (unpaired) electrons. The molecule has 0 aliphatic rings. The van der Waals surface area contributed by atoms with Crippen molar-refractivity contribution in [3.05, 3.63) is 46.5 Å². The van der Waals surface area contributed by atoms with Gasteiger partial charge in [-0.15, -0.1) is 0 Å². The minimum absolute atomic E-state index is 0.0284. The van der Waals surface area contributed by atoms with Crippen molar-refractivity contribution in [1.82, 2.24) is 0 Å². The van der Waals surface area contributed by atoms with E-state index in [4.69, 9.17) is 14.6 Å². The normalized spacial score (nSPS) is 10.5. The van der Waals surface area contributed by atoms with Crippen molar-refractivity contribution in [2.24, 2.45) is 0 Å². The lowest BCUT2D eigenvalue weighted by molar-refractivity contribution is -0.147. The Morgan fingerprint density at radius 2 is 1.66 bits per heavy atom. The number of anilines is 1. The topological polar surface area (TPSA) is 122 Å². The largest absolute Gasteiger partial charge is 0.507 e. The molecule has 0 bridgehead atoms. The summed E-state index contributed by atoms with van der Waals surface area (Å²) in [5, 5.41) is 21.5. The van der Waals surface area contributed by atoms with E-state index in [0.29, 0.717) is 48.8 Å². The van der Waals surface area contributed by atoms with Crippen LogP contribution in [-0.4, -0.2) is 41.1 Å². The summed E-state index contributed by atoms with van der Waals surface area (Å²) in [6, 6.07) is 6.67. The molecule has 2 rings (SSSR count). The molecule has 0 saturated heterocycles. The Kier molecular flexibility index (Phi) is 8.63. The van der Waals surface area contributed by atoms with Crippen molar-refractivity contribution < 1.29 is 34.1 Å². The number of ketones is 1. The first kappa shape index (κ1) is 24.7. The molecule has 2 aromatic rings. The third-order valence-electron chi connectivity index (χ3n) is 4.89. The Bertz CT molecular complexity index is 1010. The number of aromatic hydroxyl groups is 1. The van der Waals surface area contributed by atoms with Gasteiger partial charge in [0.2, 0.25) is 0 Å². The van der Waals surface area contributed by atoms with Crippen LogP contribution in [0.3, 0.4) is 0 Å². The number of hydrogen-bond acceptors (Lipinski definition) is 6. The zero-order valence-electron chi connectivity index (χ0n) is 18.8. The molecular weight excluding hydrogens is 414 g/mol. The van der Waals surface area contributed by atoms with Crippen LogP contribution in [0.15, 0.2) is 24.3 Å². The van der Waals surface area contributed by atoms with E-state index in [2.05, 4.69) is 5.32 Å². The van der Waals surface area contributed by atoms with Gasteiger partial charge in [-0.1, -0.05) is 19.4 Å². The number of amides is 1. The predicted octanol–water partition coefficient (Wildman–Crippen LogP) is 4.04. The number of hydrogen-bond donors (Lipinski definition) is 3. The van der Waals surface area contributed by atoms with Gasteiger partial charge < -0.3 is 25.0 Å². The molecule has 32 heavy (non-hydrogen) atoms. The van der Waals surface area contributed by atoms with Crippen LogP contribution in [0.1, 0.15) is 53.7 Å². The van der Waals surface area contributed by atoms with Crippen molar-refractivity contribution >= 4 is 23.3 Å². The number of nitrogens with one attached hydrogen (secondary N) is 1. The van der Waals surface area contributed by atoms with Crippen LogP contribution in [0.5, 0.6) is 17.2 Å². The molecule has 0 unspecified atom stereocenters. The number of carbonyl (C=O) groups is 3. The second-order valence-electron chi connectivity index (χ2n) is 7.49. The number of aliphatic carboxylic acids is 1. The zero-order chi connectivity index (χ0) is 23.8. The maximum atomic E-state index is 11.7. The zero-order valence-corrected chi connectivity index (χ0v) is 18.8. The average Bonchev–Trinajstić information content (AvgIpc) is 2.72. The van der Waals surface area contributed by atoms with Crippen LogP contribution in [-0.2, 0) is 16.0 Å². The molecule has 8 nitrogen and oxygen atoms in total. The maximum Gasteiger partial charge on any atom is 0.394 e. The van der Waals surface area contributed by atoms with E-state index in [1.807, 2.05) is 13.8 Å². The Balaban J connectivity index is 1.98. The Hall–Kier alpha value is -3.55. The number of benzene rings is 2. The van der Waals surface area contributed by atoms with Crippen molar-refractivity contribution in [2.45, 2.75) is 47.0 Å². The second-order valence-corrected chi connectivity index (χ2v) is 7.49. The van der Waals surface area contributed by atoms with Crippen molar-refractivity contribution in [3.8, 4) is 17.2 Å². The number of aryl methyl sites for hydroxylation is 2. The molecule has 0 aromatic heterocycles. The number of Topliss-reactive ketones (excluding diaryl/α,β-unsaturated/α-hetero) is 1. The van der Waals surface area contributed by atoms with Crippen LogP contribution in [0.2, 0.25) is 0 Å². The molecule has 172 valence electrons. The molecule has 0 saturated carbocycles. The molecule has 0 heterocycles. The fourth-order valence-corrected chi connectivity index (χ4v) is 3.25. The number of carbonyl (C=O) groups excluding carboxylic acids is 2. The van der Waals surface area contributed by atoms with Crippen molar-refractivity contribution in [2.75, 3.05) is 18.5 Å². The molecule has 0 fully saturated rings. The first-order chi connectivity index (χ1) is 15.1. The highest BCUT2D eigenvalue weighted by molar-refractivity contribution is 6.36. The molecule has 8 heteroatoms. The third kappa shape index (κ3) is 6.23. The van der Waals surface area contributed by atoms with Gasteiger partial charge in [-0.25, -0.2) is 4.79 Å². The number of carboxylic acids is 1. The summed E-state index contributed by atoms with van der Waals surface area (Å²) in [6.07, 6.45) is 1.93. The van der Waals surface area contributed by atoms with E-state index in [-0.39, 0.29) is 17.1 Å². The average molecular weight is 443 g/mol. The van der Waals surface area contributed by atoms with Gasteiger partial charge in [0.1, 0.15) is 17.2 Å². The Labute approximate surface area is 187 Å². The summed E-state index contributed by atoms with van der Waals surface area (Å²) < 4.78 is 11.6. The third-order valence-corrected chi connectivity index (χ3v) is 4.89. The first-order valence-electron chi connectivity index (χ1n) is 10.4. The minimum Gasteiger partial charge on any atom is -0.507 e. The standard InChI is InChI=1S/C24H29NO7/c1-5-7-18-20(9-8-17(16(4)26)22(18)27)31-10-6-11-32-21-13-19(14(2)12-15(21)3)25-23(28)24(29)30/h8-9,12-13,27H,5-7,10-11H2,1-4H3,(H,25,28)(H,29,30). The Morgan fingerprint density at radius 1 is 1.00 bits per heavy atom. The predicted molar refractivity (Wildman–Crippen MR) is 120 cm³/mol. The second kappa shape index (κ2) is 11.2.